The number of aromatic nitrogens is 1. The zero-order valence-electron chi connectivity index (χ0n) is 9.67. The van der Waals surface area contributed by atoms with Crippen molar-refractivity contribution in [1.29, 1.82) is 0 Å². The Morgan fingerprint density at radius 1 is 1.47 bits per heavy atom. The predicted molar refractivity (Wildman–Crippen MR) is 61.3 cm³/mol. The van der Waals surface area contributed by atoms with E-state index in [-0.39, 0.29) is 6.10 Å². The summed E-state index contributed by atoms with van der Waals surface area (Å²) in [6.45, 7) is 5.01. The van der Waals surface area contributed by atoms with Crippen molar-refractivity contribution < 1.29 is 17.9 Å². The molecule has 17 heavy (non-hydrogen) atoms. The van der Waals surface area contributed by atoms with E-state index in [0.29, 0.717) is 29.6 Å². The fraction of sp³-hybridized carbons (Fsp3) is 0.700. The van der Waals surface area contributed by atoms with E-state index in [1.165, 1.54) is 0 Å². The van der Waals surface area contributed by atoms with E-state index < -0.39 is 11.1 Å². The van der Waals surface area contributed by atoms with E-state index in [2.05, 4.69) is 10.3 Å². The number of anilines is 1. The second-order valence-corrected chi connectivity index (χ2v) is 4.76. The number of nitrogens with one attached hydrogen (secondary N) is 1. The van der Waals surface area contributed by atoms with Gasteiger partial charge >= 0.3 is 6.18 Å². The molecule has 0 unspecified atom stereocenters. The number of thiazole rings is 1. The van der Waals surface area contributed by atoms with Crippen LogP contribution in [-0.2, 0) is 10.9 Å². The van der Waals surface area contributed by atoms with Gasteiger partial charge in [0.05, 0.1) is 12.3 Å². The van der Waals surface area contributed by atoms with Gasteiger partial charge in [-0.25, -0.2) is 4.98 Å². The number of hydrogen-bond acceptors (Lipinski definition) is 4. The van der Waals surface area contributed by atoms with Crippen molar-refractivity contribution in [2.24, 2.45) is 0 Å². The molecule has 0 spiro atoms. The van der Waals surface area contributed by atoms with Crippen molar-refractivity contribution in [1.82, 2.24) is 4.98 Å². The van der Waals surface area contributed by atoms with Crippen LogP contribution < -0.4 is 5.32 Å². The summed E-state index contributed by atoms with van der Waals surface area (Å²) in [5.74, 6) is 0. The molecular formula is C10H15F3N2OS. The van der Waals surface area contributed by atoms with Gasteiger partial charge in [0.15, 0.2) is 5.13 Å². The highest BCUT2D eigenvalue weighted by Gasteiger charge is 2.33. The first kappa shape index (κ1) is 14.2. The van der Waals surface area contributed by atoms with Gasteiger partial charge in [0.25, 0.3) is 0 Å². The SMILES string of the molecule is CC(C)OCCCNc1ncc(C(F)(F)F)s1. The summed E-state index contributed by atoms with van der Waals surface area (Å²) in [6, 6.07) is 0. The molecule has 0 fully saturated rings. The molecule has 1 aromatic rings. The average Bonchev–Trinajstić information content (AvgIpc) is 2.64. The molecule has 0 saturated carbocycles. The fourth-order valence-electron chi connectivity index (χ4n) is 1.07. The lowest BCUT2D eigenvalue weighted by Gasteiger charge is -2.07. The van der Waals surface area contributed by atoms with Gasteiger partial charge in [0.2, 0.25) is 0 Å². The molecule has 3 nitrogen and oxygen atoms in total. The van der Waals surface area contributed by atoms with Crippen LogP contribution in [0.25, 0.3) is 0 Å². The second-order valence-electron chi connectivity index (χ2n) is 3.73. The minimum Gasteiger partial charge on any atom is -0.379 e. The Morgan fingerprint density at radius 2 is 2.18 bits per heavy atom. The summed E-state index contributed by atoms with van der Waals surface area (Å²) < 4.78 is 42.1. The summed E-state index contributed by atoms with van der Waals surface area (Å²) in [7, 11) is 0. The van der Waals surface area contributed by atoms with E-state index in [4.69, 9.17) is 4.74 Å². The molecule has 0 atom stereocenters. The maximum absolute atomic E-state index is 12.3. The van der Waals surface area contributed by atoms with E-state index in [1.807, 2.05) is 13.8 Å². The highest BCUT2D eigenvalue weighted by atomic mass is 32.1. The van der Waals surface area contributed by atoms with Crippen LogP contribution in [0, 0.1) is 0 Å². The first-order chi connectivity index (χ1) is 7.89. The van der Waals surface area contributed by atoms with Crippen molar-refractivity contribution in [2.75, 3.05) is 18.5 Å². The van der Waals surface area contributed by atoms with Crippen LogP contribution >= 0.6 is 11.3 Å². The largest absolute Gasteiger partial charge is 0.427 e. The van der Waals surface area contributed by atoms with E-state index in [1.54, 1.807) is 0 Å². The van der Waals surface area contributed by atoms with E-state index in [0.717, 1.165) is 12.6 Å². The molecular weight excluding hydrogens is 253 g/mol. The summed E-state index contributed by atoms with van der Waals surface area (Å²) in [5, 5.41) is 3.13. The molecule has 0 aliphatic carbocycles. The molecule has 1 aromatic heterocycles. The third kappa shape index (κ3) is 5.36. The van der Waals surface area contributed by atoms with Crippen LogP contribution in [-0.4, -0.2) is 24.2 Å². The van der Waals surface area contributed by atoms with Gasteiger partial charge in [-0.05, 0) is 20.3 Å². The Kier molecular flexibility index (Phi) is 5.20. The molecule has 0 bridgehead atoms. The number of ether oxygens (including phenoxy) is 1. The molecule has 1 N–H and O–H groups in total. The highest BCUT2D eigenvalue weighted by Crippen LogP contribution is 2.34. The molecule has 0 amide bonds. The quantitative estimate of drug-likeness (QED) is 0.803. The van der Waals surface area contributed by atoms with Gasteiger partial charge < -0.3 is 10.1 Å². The Bertz CT molecular complexity index is 339. The molecule has 0 radical (unpaired) electrons. The standard InChI is InChI=1S/C10H15F3N2OS/c1-7(2)16-5-3-4-14-9-15-6-8(17-9)10(11,12)13/h6-7H,3-5H2,1-2H3,(H,14,15). The molecule has 0 aliphatic heterocycles. The summed E-state index contributed by atoms with van der Waals surface area (Å²) in [4.78, 5) is 2.98. The van der Waals surface area contributed by atoms with Crippen LogP contribution in [0.1, 0.15) is 25.1 Å². The number of alkyl halides is 3. The lowest BCUT2D eigenvalue weighted by molar-refractivity contribution is -0.134. The van der Waals surface area contributed by atoms with Gasteiger partial charge in [-0.1, -0.05) is 11.3 Å². The van der Waals surface area contributed by atoms with Crippen molar-refractivity contribution in [3.8, 4) is 0 Å². The molecule has 1 rings (SSSR count). The maximum atomic E-state index is 12.3. The summed E-state index contributed by atoms with van der Waals surface area (Å²) in [6.07, 6.45) is -2.55. The van der Waals surface area contributed by atoms with Gasteiger partial charge in [0, 0.05) is 13.2 Å². The van der Waals surface area contributed by atoms with Crippen LogP contribution in [0.2, 0.25) is 0 Å². The minimum atomic E-state index is -4.31. The molecule has 7 heteroatoms. The van der Waals surface area contributed by atoms with Crippen LogP contribution in [0.4, 0.5) is 18.3 Å². The Hall–Kier alpha value is -0.820. The summed E-state index contributed by atoms with van der Waals surface area (Å²) >= 11 is 0.616. The first-order valence-electron chi connectivity index (χ1n) is 5.28. The van der Waals surface area contributed by atoms with Crippen LogP contribution in [0.15, 0.2) is 6.20 Å². The highest BCUT2D eigenvalue weighted by molar-refractivity contribution is 7.15. The van der Waals surface area contributed by atoms with Crippen molar-refractivity contribution in [3.05, 3.63) is 11.1 Å². The van der Waals surface area contributed by atoms with Crippen molar-refractivity contribution in [2.45, 2.75) is 32.5 Å². The minimum absolute atomic E-state index is 0.173. The number of rotatable bonds is 6. The number of nitrogens with zero attached hydrogens (tertiary/aromatic N) is 1. The zero-order valence-corrected chi connectivity index (χ0v) is 10.5. The molecule has 0 saturated heterocycles. The van der Waals surface area contributed by atoms with Crippen molar-refractivity contribution >= 4 is 16.5 Å². The average molecular weight is 268 g/mol. The molecule has 0 aromatic carbocycles. The maximum Gasteiger partial charge on any atom is 0.427 e. The zero-order chi connectivity index (χ0) is 12.9. The normalized spacial score (nSPS) is 12.1. The van der Waals surface area contributed by atoms with Gasteiger partial charge in [-0.2, -0.15) is 13.2 Å². The Morgan fingerprint density at radius 3 is 2.71 bits per heavy atom. The van der Waals surface area contributed by atoms with E-state index >= 15 is 0 Å². The summed E-state index contributed by atoms with van der Waals surface area (Å²) in [5.41, 5.74) is 0. The topological polar surface area (TPSA) is 34.1 Å². The third-order valence-electron chi connectivity index (χ3n) is 1.83. The monoisotopic (exact) mass is 268 g/mol. The predicted octanol–water partition coefficient (Wildman–Crippen LogP) is 3.39. The number of hydrogen-bond donors (Lipinski definition) is 1. The van der Waals surface area contributed by atoms with Crippen LogP contribution in [0.3, 0.4) is 0 Å². The molecule has 1 heterocycles. The lowest BCUT2D eigenvalue weighted by atomic mass is 10.4. The number of halogens is 3. The fourth-order valence-corrected chi connectivity index (χ4v) is 1.78. The first-order valence-corrected chi connectivity index (χ1v) is 6.09. The lowest BCUT2D eigenvalue weighted by Crippen LogP contribution is -2.09. The van der Waals surface area contributed by atoms with Crippen molar-refractivity contribution in [3.63, 3.8) is 0 Å². The molecule has 98 valence electrons. The smallest absolute Gasteiger partial charge is 0.379 e. The molecule has 0 aliphatic rings. The van der Waals surface area contributed by atoms with Gasteiger partial charge in [-0.3, -0.25) is 0 Å². The second kappa shape index (κ2) is 6.20. The third-order valence-corrected chi connectivity index (χ3v) is 2.83. The van der Waals surface area contributed by atoms with Gasteiger partial charge in [0.1, 0.15) is 4.88 Å². The Labute approximate surface area is 102 Å². The van der Waals surface area contributed by atoms with Crippen LogP contribution in [0.5, 0.6) is 0 Å². The Balaban J connectivity index is 2.26. The van der Waals surface area contributed by atoms with Gasteiger partial charge in [-0.15, -0.1) is 0 Å². The van der Waals surface area contributed by atoms with E-state index in [9.17, 15) is 13.2 Å².